The van der Waals surface area contributed by atoms with E-state index in [2.05, 4.69) is 0 Å². The van der Waals surface area contributed by atoms with Crippen LogP contribution in [-0.2, 0) is 22.6 Å². The van der Waals surface area contributed by atoms with Gasteiger partial charge in [0.25, 0.3) is 0 Å². The highest BCUT2D eigenvalue weighted by molar-refractivity contribution is 7.98. The van der Waals surface area contributed by atoms with Crippen LogP contribution in [0.15, 0.2) is 23.1 Å². The Morgan fingerprint density at radius 3 is 2.73 bits per heavy atom. The van der Waals surface area contributed by atoms with E-state index in [0.717, 1.165) is 16.0 Å². The predicted molar refractivity (Wildman–Crippen MR) is 60.3 cm³/mol. The van der Waals surface area contributed by atoms with E-state index in [9.17, 15) is 4.79 Å². The quantitative estimate of drug-likeness (QED) is 0.782. The molecule has 1 rings (SSSR count). The molecule has 0 radical (unpaired) electrons. The van der Waals surface area contributed by atoms with E-state index in [1.54, 1.807) is 18.9 Å². The summed E-state index contributed by atoms with van der Waals surface area (Å²) in [6, 6.07) is 5.81. The van der Waals surface area contributed by atoms with Gasteiger partial charge in [-0.3, -0.25) is 4.79 Å². The van der Waals surface area contributed by atoms with Gasteiger partial charge in [-0.05, 0) is 29.5 Å². The molecule has 0 aliphatic carbocycles. The summed E-state index contributed by atoms with van der Waals surface area (Å²) in [5.41, 5.74) is 1.77. The fourth-order valence-electron chi connectivity index (χ4n) is 1.35. The van der Waals surface area contributed by atoms with Gasteiger partial charge in [0, 0.05) is 12.0 Å². The van der Waals surface area contributed by atoms with Gasteiger partial charge in [-0.2, -0.15) is 0 Å². The number of methoxy groups -OCH3 is 1. The van der Waals surface area contributed by atoms with Crippen molar-refractivity contribution in [2.24, 2.45) is 0 Å². The summed E-state index contributed by atoms with van der Waals surface area (Å²) in [6.45, 7) is 0.456. The molecule has 0 aliphatic heterocycles. The van der Waals surface area contributed by atoms with E-state index in [-0.39, 0.29) is 6.42 Å². The lowest BCUT2D eigenvalue weighted by molar-refractivity contribution is -0.136. The minimum atomic E-state index is -0.814. The maximum Gasteiger partial charge on any atom is 0.307 e. The molecule has 0 aliphatic rings. The normalized spacial score (nSPS) is 10.3. The molecule has 0 heterocycles. The number of aliphatic carboxylic acids is 1. The van der Waals surface area contributed by atoms with Crippen LogP contribution in [0.4, 0.5) is 0 Å². The summed E-state index contributed by atoms with van der Waals surface area (Å²) in [7, 11) is 1.60. The first kappa shape index (κ1) is 12.1. The summed E-state index contributed by atoms with van der Waals surface area (Å²) in [4.78, 5) is 11.8. The Balaban J connectivity index is 2.98. The van der Waals surface area contributed by atoms with E-state index in [1.165, 1.54) is 0 Å². The van der Waals surface area contributed by atoms with Crippen molar-refractivity contribution in [1.82, 2.24) is 0 Å². The number of thioether (sulfide) groups is 1. The lowest BCUT2D eigenvalue weighted by Crippen LogP contribution is -2.04. The molecule has 0 spiro atoms. The lowest BCUT2D eigenvalue weighted by atomic mass is 10.1. The smallest absolute Gasteiger partial charge is 0.307 e. The monoisotopic (exact) mass is 226 g/mol. The van der Waals surface area contributed by atoms with Gasteiger partial charge in [-0.25, -0.2) is 0 Å². The summed E-state index contributed by atoms with van der Waals surface area (Å²) in [6.07, 6.45) is 2.02. The van der Waals surface area contributed by atoms with E-state index >= 15 is 0 Å². The third kappa shape index (κ3) is 3.57. The fourth-order valence-corrected chi connectivity index (χ4v) is 1.82. The van der Waals surface area contributed by atoms with Crippen molar-refractivity contribution < 1.29 is 14.6 Å². The molecule has 0 fully saturated rings. The highest BCUT2D eigenvalue weighted by atomic mass is 32.2. The molecule has 0 bridgehead atoms. The van der Waals surface area contributed by atoms with Crippen molar-refractivity contribution in [3.63, 3.8) is 0 Å². The van der Waals surface area contributed by atoms with Crippen molar-refractivity contribution in [2.75, 3.05) is 13.4 Å². The van der Waals surface area contributed by atoms with Crippen LogP contribution in [0.25, 0.3) is 0 Å². The number of carbonyl (C=O) groups is 1. The van der Waals surface area contributed by atoms with Crippen molar-refractivity contribution >= 4 is 17.7 Å². The standard InChI is InChI=1S/C11H14O3S/c1-14-7-8-3-4-10(15-2)5-9(8)6-11(12)13/h3-5H,6-7H2,1-2H3,(H,12,13). The average Bonchev–Trinajstić information content (AvgIpc) is 2.20. The van der Waals surface area contributed by atoms with Crippen LogP contribution >= 0.6 is 11.8 Å². The first-order valence-electron chi connectivity index (χ1n) is 4.54. The van der Waals surface area contributed by atoms with Gasteiger partial charge >= 0.3 is 5.97 Å². The minimum Gasteiger partial charge on any atom is -0.481 e. The number of hydrogen-bond acceptors (Lipinski definition) is 3. The zero-order valence-corrected chi connectivity index (χ0v) is 9.63. The molecule has 1 N–H and O–H groups in total. The Morgan fingerprint density at radius 2 is 2.20 bits per heavy atom. The Hall–Kier alpha value is -1.00. The molecular weight excluding hydrogens is 212 g/mol. The molecule has 0 aromatic heterocycles. The lowest BCUT2D eigenvalue weighted by Gasteiger charge is -2.08. The van der Waals surface area contributed by atoms with Gasteiger partial charge in [-0.15, -0.1) is 11.8 Å². The third-order valence-electron chi connectivity index (χ3n) is 2.05. The second-order valence-corrected chi connectivity index (χ2v) is 4.02. The Bertz CT molecular complexity index is 350. The van der Waals surface area contributed by atoms with Crippen LogP contribution < -0.4 is 0 Å². The summed E-state index contributed by atoms with van der Waals surface area (Å²) >= 11 is 1.60. The fraction of sp³-hybridized carbons (Fsp3) is 0.364. The molecule has 4 heteroatoms. The van der Waals surface area contributed by atoms with E-state index in [1.807, 2.05) is 24.5 Å². The molecule has 15 heavy (non-hydrogen) atoms. The maximum atomic E-state index is 10.7. The molecule has 82 valence electrons. The van der Waals surface area contributed by atoms with Crippen molar-refractivity contribution in [1.29, 1.82) is 0 Å². The van der Waals surface area contributed by atoms with Crippen LogP contribution in [0.5, 0.6) is 0 Å². The molecule has 1 aromatic rings. The van der Waals surface area contributed by atoms with Gasteiger partial charge in [0.2, 0.25) is 0 Å². The molecule has 3 nitrogen and oxygen atoms in total. The molecule has 0 saturated heterocycles. The third-order valence-corrected chi connectivity index (χ3v) is 2.78. The zero-order valence-electron chi connectivity index (χ0n) is 8.82. The first-order chi connectivity index (χ1) is 7.17. The predicted octanol–water partition coefficient (Wildman–Crippen LogP) is 2.18. The van der Waals surface area contributed by atoms with Crippen LogP contribution in [0.3, 0.4) is 0 Å². The summed E-state index contributed by atoms with van der Waals surface area (Å²) in [5, 5.41) is 8.78. The molecule has 0 atom stereocenters. The molecular formula is C11H14O3S. The largest absolute Gasteiger partial charge is 0.481 e. The van der Waals surface area contributed by atoms with Crippen molar-refractivity contribution in [3.05, 3.63) is 29.3 Å². The van der Waals surface area contributed by atoms with E-state index in [0.29, 0.717) is 6.61 Å². The highest BCUT2D eigenvalue weighted by Gasteiger charge is 2.07. The molecule has 1 aromatic carbocycles. The molecule has 0 unspecified atom stereocenters. The van der Waals surface area contributed by atoms with Crippen LogP contribution in [0, 0.1) is 0 Å². The number of ether oxygens (including phenoxy) is 1. The molecule has 0 saturated carbocycles. The number of carboxylic acids is 1. The maximum absolute atomic E-state index is 10.7. The Kier molecular flexibility index (Phi) is 4.65. The van der Waals surface area contributed by atoms with Gasteiger partial charge < -0.3 is 9.84 Å². The molecule has 0 amide bonds. The minimum absolute atomic E-state index is 0.0487. The van der Waals surface area contributed by atoms with Gasteiger partial charge in [0.15, 0.2) is 0 Å². The SMILES string of the molecule is COCc1ccc(SC)cc1CC(=O)O. The summed E-state index contributed by atoms with van der Waals surface area (Å²) in [5.74, 6) is -0.814. The van der Waals surface area contributed by atoms with Crippen LogP contribution in [0.1, 0.15) is 11.1 Å². The number of benzene rings is 1. The van der Waals surface area contributed by atoms with Crippen molar-refractivity contribution in [2.45, 2.75) is 17.9 Å². The number of hydrogen-bond donors (Lipinski definition) is 1. The number of rotatable bonds is 5. The summed E-state index contributed by atoms with van der Waals surface area (Å²) < 4.78 is 5.02. The zero-order chi connectivity index (χ0) is 11.3. The average molecular weight is 226 g/mol. The van der Waals surface area contributed by atoms with Crippen molar-refractivity contribution in [3.8, 4) is 0 Å². The van der Waals surface area contributed by atoms with Gasteiger partial charge in [0.1, 0.15) is 0 Å². The second-order valence-electron chi connectivity index (χ2n) is 3.14. The topological polar surface area (TPSA) is 46.5 Å². The second kappa shape index (κ2) is 5.78. The Labute approximate surface area is 93.4 Å². The van der Waals surface area contributed by atoms with Crippen LogP contribution in [0.2, 0.25) is 0 Å². The van der Waals surface area contributed by atoms with Crippen LogP contribution in [-0.4, -0.2) is 24.4 Å². The van der Waals surface area contributed by atoms with E-state index in [4.69, 9.17) is 9.84 Å². The van der Waals surface area contributed by atoms with Gasteiger partial charge in [0.05, 0.1) is 13.0 Å². The number of carboxylic acid groups (broad SMARTS) is 1. The van der Waals surface area contributed by atoms with Gasteiger partial charge in [-0.1, -0.05) is 6.07 Å². The first-order valence-corrected chi connectivity index (χ1v) is 5.76. The van der Waals surface area contributed by atoms with E-state index < -0.39 is 5.97 Å². The Morgan fingerprint density at radius 1 is 1.47 bits per heavy atom. The highest BCUT2D eigenvalue weighted by Crippen LogP contribution is 2.20.